The van der Waals surface area contributed by atoms with Gasteiger partial charge in [-0.25, -0.2) is 0 Å². The Morgan fingerprint density at radius 3 is 2.56 bits per heavy atom. The Bertz CT molecular complexity index is 430. The molecular formula is C16H21NO. The highest BCUT2D eigenvalue weighted by Crippen LogP contribution is 2.51. The molecule has 2 saturated carbocycles. The normalized spacial score (nSPS) is 28.5. The summed E-state index contributed by atoms with van der Waals surface area (Å²) < 4.78 is 0. The van der Waals surface area contributed by atoms with Crippen molar-refractivity contribution in [3.8, 4) is 0 Å². The molecular weight excluding hydrogens is 222 g/mol. The maximum atomic E-state index is 12.3. The molecule has 1 aromatic carbocycles. The molecule has 0 bridgehead atoms. The average molecular weight is 243 g/mol. The van der Waals surface area contributed by atoms with Crippen LogP contribution in [-0.2, 0) is 4.79 Å². The van der Waals surface area contributed by atoms with Gasteiger partial charge in [-0.3, -0.25) is 4.79 Å². The Balaban J connectivity index is 1.60. The van der Waals surface area contributed by atoms with Gasteiger partial charge >= 0.3 is 0 Å². The summed E-state index contributed by atoms with van der Waals surface area (Å²) >= 11 is 0. The van der Waals surface area contributed by atoms with Crippen LogP contribution >= 0.6 is 0 Å². The molecule has 2 atom stereocenters. The van der Waals surface area contributed by atoms with Crippen LogP contribution < -0.4 is 5.73 Å². The maximum absolute atomic E-state index is 12.3. The van der Waals surface area contributed by atoms with E-state index in [9.17, 15) is 4.79 Å². The summed E-state index contributed by atoms with van der Waals surface area (Å²) in [5.74, 6) is 1.21. The Kier molecular flexibility index (Phi) is 2.98. The van der Waals surface area contributed by atoms with Gasteiger partial charge in [0.25, 0.3) is 0 Å². The molecule has 0 heterocycles. The molecule has 2 N–H and O–H groups in total. The minimum absolute atomic E-state index is 0.168. The van der Waals surface area contributed by atoms with Gasteiger partial charge in [0, 0.05) is 12.3 Å². The highest BCUT2D eigenvalue weighted by atomic mass is 16.1. The molecule has 2 unspecified atom stereocenters. The lowest BCUT2D eigenvalue weighted by Crippen LogP contribution is -2.39. The van der Waals surface area contributed by atoms with Crippen molar-refractivity contribution in [3.63, 3.8) is 0 Å². The van der Waals surface area contributed by atoms with Crippen molar-refractivity contribution in [2.75, 3.05) is 6.54 Å². The van der Waals surface area contributed by atoms with E-state index in [1.54, 1.807) is 0 Å². The first-order chi connectivity index (χ1) is 8.74. The van der Waals surface area contributed by atoms with E-state index in [0.29, 0.717) is 18.2 Å². The predicted molar refractivity (Wildman–Crippen MR) is 72.3 cm³/mol. The monoisotopic (exact) mass is 243 g/mol. The zero-order valence-corrected chi connectivity index (χ0v) is 10.8. The van der Waals surface area contributed by atoms with Crippen LogP contribution in [0.3, 0.4) is 0 Å². The number of hydrogen-bond acceptors (Lipinski definition) is 2. The summed E-state index contributed by atoms with van der Waals surface area (Å²) in [6, 6.07) is 10.4. The van der Waals surface area contributed by atoms with Gasteiger partial charge in [0.05, 0.1) is 0 Å². The van der Waals surface area contributed by atoms with Crippen LogP contribution in [0.2, 0.25) is 0 Å². The second kappa shape index (κ2) is 4.51. The van der Waals surface area contributed by atoms with Gasteiger partial charge in [0.15, 0.2) is 0 Å². The molecule has 0 amide bonds. The molecule has 2 heteroatoms. The molecule has 2 aliphatic rings. The van der Waals surface area contributed by atoms with E-state index in [2.05, 4.69) is 24.3 Å². The minimum Gasteiger partial charge on any atom is -0.330 e. The molecule has 96 valence electrons. The summed E-state index contributed by atoms with van der Waals surface area (Å²) in [6.07, 6.45) is 5.31. The lowest BCUT2D eigenvalue weighted by Gasteiger charge is -2.40. The molecule has 0 aliphatic heterocycles. The lowest BCUT2D eigenvalue weighted by atomic mass is 9.65. The first-order valence-electron chi connectivity index (χ1n) is 7.02. The Labute approximate surface area is 109 Å². The van der Waals surface area contributed by atoms with Gasteiger partial charge in [0.2, 0.25) is 0 Å². The van der Waals surface area contributed by atoms with Gasteiger partial charge in [-0.05, 0) is 42.7 Å². The van der Waals surface area contributed by atoms with Gasteiger partial charge in [0.1, 0.15) is 5.78 Å². The third kappa shape index (κ3) is 2.10. The zero-order chi connectivity index (χ0) is 12.6. The molecule has 0 saturated heterocycles. The first kappa shape index (κ1) is 11.9. The predicted octanol–water partition coefficient (Wildman–Crippen LogP) is 2.88. The van der Waals surface area contributed by atoms with E-state index < -0.39 is 0 Å². The summed E-state index contributed by atoms with van der Waals surface area (Å²) in [6.45, 7) is 0.682. The molecule has 0 spiro atoms. The summed E-state index contributed by atoms with van der Waals surface area (Å²) in [5, 5.41) is 0. The number of hydrogen-bond donors (Lipinski definition) is 1. The highest BCUT2D eigenvalue weighted by Gasteiger charge is 2.47. The van der Waals surface area contributed by atoms with Crippen molar-refractivity contribution in [3.05, 3.63) is 35.9 Å². The summed E-state index contributed by atoms with van der Waals surface area (Å²) in [4.78, 5) is 12.3. The second-order valence-electron chi connectivity index (χ2n) is 6.06. The number of nitrogens with two attached hydrogens (primary N) is 1. The van der Waals surface area contributed by atoms with Crippen LogP contribution in [0.4, 0.5) is 0 Å². The molecule has 2 nitrogen and oxygen atoms in total. The van der Waals surface area contributed by atoms with E-state index in [0.717, 1.165) is 25.7 Å². The number of benzene rings is 1. The van der Waals surface area contributed by atoms with Gasteiger partial charge in [-0.15, -0.1) is 0 Å². The fourth-order valence-electron chi connectivity index (χ4n) is 3.25. The van der Waals surface area contributed by atoms with Crippen LogP contribution in [0.15, 0.2) is 30.3 Å². The number of rotatable bonds is 5. The second-order valence-corrected chi connectivity index (χ2v) is 6.06. The van der Waals surface area contributed by atoms with Crippen LogP contribution in [0, 0.1) is 11.3 Å². The highest BCUT2D eigenvalue weighted by molar-refractivity contribution is 5.85. The quantitative estimate of drug-likeness (QED) is 0.864. The maximum Gasteiger partial charge on any atom is 0.137 e. The van der Waals surface area contributed by atoms with E-state index in [-0.39, 0.29) is 11.3 Å². The van der Waals surface area contributed by atoms with Crippen molar-refractivity contribution in [2.24, 2.45) is 17.1 Å². The number of carbonyl (C=O) groups is 1. The SMILES string of the molecule is NCC1(CC(=O)C2CC2c2ccccc2)CCC1. The standard InChI is InChI=1S/C16H21NO/c17-11-16(7-4-8-16)10-15(18)14-9-13(14)12-5-2-1-3-6-12/h1-3,5-6,13-14H,4,7-11,17H2. The van der Waals surface area contributed by atoms with Crippen molar-refractivity contribution in [1.82, 2.24) is 0 Å². The smallest absolute Gasteiger partial charge is 0.137 e. The molecule has 2 aliphatic carbocycles. The molecule has 0 aromatic heterocycles. The summed E-state index contributed by atoms with van der Waals surface area (Å²) in [5.41, 5.74) is 7.32. The van der Waals surface area contributed by atoms with Crippen LogP contribution in [0.5, 0.6) is 0 Å². The number of Topliss-reactive ketones (excluding diaryl/α,β-unsaturated/α-hetero) is 1. The largest absolute Gasteiger partial charge is 0.330 e. The van der Waals surface area contributed by atoms with Crippen LogP contribution in [0.1, 0.15) is 43.6 Å². The van der Waals surface area contributed by atoms with Crippen molar-refractivity contribution in [2.45, 2.75) is 38.0 Å². The fourth-order valence-corrected chi connectivity index (χ4v) is 3.25. The van der Waals surface area contributed by atoms with Crippen molar-refractivity contribution >= 4 is 5.78 Å². The summed E-state index contributed by atoms with van der Waals surface area (Å²) in [7, 11) is 0. The van der Waals surface area contributed by atoms with Gasteiger partial charge in [-0.1, -0.05) is 36.8 Å². The minimum atomic E-state index is 0.168. The number of carbonyl (C=O) groups excluding carboxylic acids is 1. The van der Waals surface area contributed by atoms with E-state index in [1.165, 1.54) is 12.0 Å². The Hall–Kier alpha value is -1.15. The third-order valence-corrected chi connectivity index (χ3v) is 4.83. The molecule has 1 aromatic rings. The third-order valence-electron chi connectivity index (χ3n) is 4.83. The topological polar surface area (TPSA) is 43.1 Å². The molecule has 0 radical (unpaired) electrons. The van der Waals surface area contributed by atoms with Crippen LogP contribution in [0.25, 0.3) is 0 Å². The average Bonchev–Trinajstić information content (AvgIpc) is 3.15. The fraction of sp³-hybridized carbons (Fsp3) is 0.562. The first-order valence-corrected chi connectivity index (χ1v) is 7.02. The van der Waals surface area contributed by atoms with E-state index in [4.69, 9.17) is 5.73 Å². The van der Waals surface area contributed by atoms with E-state index >= 15 is 0 Å². The van der Waals surface area contributed by atoms with E-state index in [1.807, 2.05) is 6.07 Å². The Morgan fingerprint density at radius 2 is 2.00 bits per heavy atom. The molecule has 18 heavy (non-hydrogen) atoms. The lowest BCUT2D eigenvalue weighted by molar-refractivity contribution is -0.123. The van der Waals surface area contributed by atoms with Crippen molar-refractivity contribution in [1.29, 1.82) is 0 Å². The van der Waals surface area contributed by atoms with Crippen LogP contribution in [-0.4, -0.2) is 12.3 Å². The van der Waals surface area contributed by atoms with Crippen molar-refractivity contribution < 1.29 is 4.79 Å². The zero-order valence-electron chi connectivity index (χ0n) is 10.8. The molecule has 3 rings (SSSR count). The van der Waals surface area contributed by atoms with Gasteiger partial charge in [-0.2, -0.15) is 0 Å². The molecule has 2 fully saturated rings. The Morgan fingerprint density at radius 1 is 1.28 bits per heavy atom. The van der Waals surface area contributed by atoms with Gasteiger partial charge < -0.3 is 5.73 Å². The number of ketones is 1.